The molecule has 0 N–H and O–H groups in total. The van der Waals surface area contributed by atoms with Gasteiger partial charge in [-0.2, -0.15) is 0 Å². The molecule has 0 aliphatic carbocycles. The van der Waals surface area contributed by atoms with Crippen LogP contribution in [0.15, 0.2) is 0 Å². The van der Waals surface area contributed by atoms with Crippen LogP contribution in [0, 0.1) is 5.92 Å². The summed E-state index contributed by atoms with van der Waals surface area (Å²) >= 11 is 0. The highest BCUT2D eigenvalue weighted by Gasteiger charge is 2.33. The summed E-state index contributed by atoms with van der Waals surface area (Å²) < 4.78 is 17.4. The van der Waals surface area contributed by atoms with E-state index in [-0.39, 0.29) is 17.5 Å². The third kappa shape index (κ3) is 6.55. The van der Waals surface area contributed by atoms with Gasteiger partial charge in [-0.15, -0.1) is 0 Å². The van der Waals surface area contributed by atoms with E-state index in [1.165, 1.54) is 12.8 Å². The number of hydrogen-bond donors (Lipinski definition) is 0. The van der Waals surface area contributed by atoms with Crippen molar-refractivity contribution in [2.75, 3.05) is 7.11 Å². The summed E-state index contributed by atoms with van der Waals surface area (Å²) in [4.78, 5) is 0. The Balaban J connectivity index is 2.30. The minimum absolute atomic E-state index is 0.00589. The van der Waals surface area contributed by atoms with Gasteiger partial charge >= 0.3 is 0 Å². The third-order valence-electron chi connectivity index (χ3n) is 4.24. The maximum absolute atomic E-state index is 6.04. The molecule has 3 heteroatoms. The first-order valence-corrected chi connectivity index (χ1v) is 8.02. The van der Waals surface area contributed by atoms with Crippen LogP contribution in [0.2, 0.25) is 0 Å². The van der Waals surface area contributed by atoms with Crippen molar-refractivity contribution in [3.8, 4) is 0 Å². The fourth-order valence-electron chi connectivity index (χ4n) is 2.96. The van der Waals surface area contributed by atoms with Crippen molar-refractivity contribution in [2.24, 2.45) is 5.92 Å². The summed E-state index contributed by atoms with van der Waals surface area (Å²) in [5, 5.41) is 0. The highest BCUT2D eigenvalue weighted by Crippen LogP contribution is 2.31. The molecule has 3 nitrogen and oxygen atoms in total. The molecule has 120 valence electrons. The van der Waals surface area contributed by atoms with Crippen LogP contribution in [0.4, 0.5) is 0 Å². The molecule has 1 saturated heterocycles. The topological polar surface area (TPSA) is 27.7 Å². The lowest BCUT2D eigenvalue weighted by atomic mass is 9.94. The average Bonchev–Trinajstić information content (AvgIpc) is 2.25. The Hall–Kier alpha value is -0.120. The van der Waals surface area contributed by atoms with Gasteiger partial charge in [0, 0.05) is 20.0 Å². The van der Waals surface area contributed by atoms with Gasteiger partial charge in [-0.3, -0.25) is 0 Å². The van der Waals surface area contributed by atoms with Crippen LogP contribution in [0.25, 0.3) is 0 Å². The lowest BCUT2D eigenvalue weighted by Gasteiger charge is -2.40. The zero-order valence-corrected chi connectivity index (χ0v) is 14.5. The molecular weight excluding hydrogens is 252 g/mol. The van der Waals surface area contributed by atoms with Crippen LogP contribution < -0.4 is 0 Å². The Labute approximate surface area is 125 Å². The molecule has 1 heterocycles. The second-order valence-corrected chi connectivity index (χ2v) is 7.65. The van der Waals surface area contributed by atoms with E-state index in [1.54, 1.807) is 7.11 Å². The van der Waals surface area contributed by atoms with Crippen molar-refractivity contribution in [1.82, 2.24) is 0 Å². The molecule has 1 rings (SSSR count). The predicted molar refractivity (Wildman–Crippen MR) is 82.8 cm³/mol. The van der Waals surface area contributed by atoms with Crippen LogP contribution in [0.3, 0.4) is 0 Å². The minimum atomic E-state index is -0.0555. The Morgan fingerprint density at radius 3 is 2.55 bits per heavy atom. The molecule has 0 amide bonds. The van der Waals surface area contributed by atoms with Gasteiger partial charge in [-0.05, 0) is 47.0 Å². The van der Waals surface area contributed by atoms with Crippen LogP contribution >= 0.6 is 0 Å². The Kier molecular flexibility index (Phi) is 6.49. The Morgan fingerprint density at radius 1 is 1.35 bits per heavy atom. The average molecular weight is 286 g/mol. The van der Waals surface area contributed by atoms with Gasteiger partial charge in [-0.25, -0.2) is 0 Å². The molecule has 3 unspecified atom stereocenters. The number of methoxy groups -OCH3 is 1. The van der Waals surface area contributed by atoms with Gasteiger partial charge in [0.25, 0.3) is 0 Å². The van der Waals surface area contributed by atoms with Crippen molar-refractivity contribution >= 4 is 0 Å². The lowest BCUT2D eigenvalue weighted by Crippen LogP contribution is -2.43. The Bertz CT molecular complexity index is 286. The van der Waals surface area contributed by atoms with Crippen LogP contribution in [0.5, 0.6) is 0 Å². The smallest absolute Gasteiger partial charge is 0.158 e. The molecular formula is C17H34O3. The molecule has 3 atom stereocenters. The molecule has 1 aliphatic heterocycles. The highest BCUT2D eigenvalue weighted by molar-refractivity contribution is 4.78. The van der Waals surface area contributed by atoms with E-state index in [9.17, 15) is 0 Å². The zero-order chi connectivity index (χ0) is 15.4. The standard InChI is InChI=1S/C17H34O3/c1-13(9-8-10-16(3,4)18-7)11-15-19-14(2)12-17(5,6)20-15/h13-15H,8-12H2,1-7H3. The SMILES string of the molecule is COC(C)(C)CCCC(C)CC1OC(C)CC(C)(C)O1. The maximum Gasteiger partial charge on any atom is 0.158 e. The van der Waals surface area contributed by atoms with Crippen molar-refractivity contribution in [2.45, 2.75) is 97.2 Å². The van der Waals surface area contributed by atoms with E-state index < -0.39 is 0 Å². The van der Waals surface area contributed by atoms with E-state index in [0.717, 1.165) is 19.3 Å². The number of rotatable bonds is 7. The predicted octanol–water partition coefficient (Wildman–Crippen LogP) is 4.54. The van der Waals surface area contributed by atoms with Gasteiger partial charge < -0.3 is 14.2 Å². The third-order valence-corrected chi connectivity index (χ3v) is 4.24. The van der Waals surface area contributed by atoms with Crippen LogP contribution in [-0.4, -0.2) is 30.7 Å². The van der Waals surface area contributed by atoms with Crippen LogP contribution in [0.1, 0.15) is 73.6 Å². The van der Waals surface area contributed by atoms with E-state index in [1.807, 2.05) is 0 Å². The molecule has 0 saturated carbocycles. The van der Waals surface area contributed by atoms with Gasteiger partial charge in [0.1, 0.15) is 0 Å². The van der Waals surface area contributed by atoms with Gasteiger partial charge in [-0.1, -0.05) is 19.8 Å². The van der Waals surface area contributed by atoms with Crippen molar-refractivity contribution in [1.29, 1.82) is 0 Å². The molecule has 1 fully saturated rings. The maximum atomic E-state index is 6.04. The minimum Gasteiger partial charge on any atom is -0.379 e. The molecule has 0 aromatic heterocycles. The fourth-order valence-corrected chi connectivity index (χ4v) is 2.96. The van der Waals surface area contributed by atoms with Crippen molar-refractivity contribution in [3.05, 3.63) is 0 Å². The Morgan fingerprint density at radius 2 is 2.00 bits per heavy atom. The zero-order valence-electron chi connectivity index (χ0n) is 14.5. The monoisotopic (exact) mass is 286 g/mol. The summed E-state index contributed by atoms with van der Waals surface area (Å²) in [6.07, 6.45) is 5.70. The first-order chi connectivity index (χ1) is 9.13. The van der Waals surface area contributed by atoms with Gasteiger partial charge in [0.15, 0.2) is 6.29 Å². The molecule has 0 radical (unpaired) electrons. The fraction of sp³-hybridized carbons (Fsp3) is 1.00. The molecule has 20 heavy (non-hydrogen) atoms. The summed E-state index contributed by atoms with van der Waals surface area (Å²) in [6, 6.07) is 0. The van der Waals surface area contributed by atoms with Crippen molar-refractivity contribution in [3.63, 3.8) is 0 Å². The van der Waals surface area contributed by atoms with E-state index >= 15 is 0 Å². The second-order valence-electron chi connectivity index (χ2n) is 7.65. The summed E-state index contributed by atoms with van der Waals surface area (Å²) in [7, 11) is 1.79. The molecule has 0 spiro atoms. The molecule has 1 aliphatic rings. The molecule has 0 bridgehead atoms. The quantitative estimate of drug-likeness (QED) is 0.688. The van der Waals surface area contributed by atoms with Crippen molar-refractivity contribution < 1.29 is 14.2 Å². The van der Waals surface area contributed by atoms with E-state index in [4.69, 9.17) is 14.2 Å². The molecule has 0 aromatic carbocycles. The normalized spacial score (nSPS) is 28.4. The largest absolute Gasteiger partial charge is 0.379 e. The summed E-state index contributed by atoms with van der Waals surface area (Å²) in [5.74, 6) is 0.619. The number of hydrogen-bond acceptors (Lipinski definition) is 3. The number of ether oxygens (including phenoxy) is 3. The lowest BCUT2D eigenvalue weighted by molar-refractivity contribution is -0.273. The van der Waals surface area contributed by atoms with Gasteiger partial charge in [0.2, 0.25) is 0 Å². The second kappa shape index (κ2) is 7.24. The van der Waals surface area contributed by atoms with E-state index in [0.29, 0.717) is 12.0 Å². The van der Waals surface area contributed by atoms with Crippen LogP contribution in [-0.2, 0) is 14.2 Å². The highest BCUT2D eigenvalue weighted by atomic mass is 16.7. The first kappa shape index (κ1) is 17.9. The van der Waals surface area contributed by atoms with Gasteiger partial charge in [0.05, 0.1) is 17.3 Å². The molecule has 0 aromatic rings. The summed E-state index contributed by atoms with van der Waals surface area (Å²) in [6.45, 7) is 13.0. The van der Waals surface area contributed by atoms with E-state index in [2.05, 4.69) is 41.5 Å². The summed E-state index contributed by atoms with van der Waals surface area (Å²) in [5.41, 5.74) is -0.0614. The first-order valence-electron chi connectivity index (χ1n) is 8.02.